The van der Waals surface area contributed by atoms with E-state index in [2.05, 4.69) is 24.4 Å². The third kappa shape index (κ3) is 8.53. The third-order valence-electron chi connectivity index (χ3n) is 3.68. The summed E-state index contributed by atoms with van der Waals surface area (Å²) in [6.07, 6.45) is 14.8. The first-order chi connectivity index (χ1) is 10.2. The number of nitrogens with one attached hydrogen (secondary N) is 1. The van der Waals surface area contributed by atoms with Crippen LogP contribution in [0.5, 0.6) is 0 Å². The number of carbonyl (C=O) groups is 2. The monoisotopic (exact) mass is 295 g/mol. The minimum Gasteiger partial charge on any atom is -0.464 e. The van der Waals surface area contributed by atoms with E-state index >= 15 is 0 Å². The fourth-order valence-electron chi connectivity index (χ4n) is 2.35. The highest BCUT2D eigenvalue weighted by molar-refractivity contribution is 5.87. The van der Waals surface area contributed by atoms with Crippen LogP contribution in [-0.4, -0.2) is 24.5 Å². The summed E-state index contributed by atoms with van der Waals surface area (Å²) in [6.45, 7) is 2.68. The van der Waals surface area contributed by atoms with E-state index in [4.69, 9.17) is 4.74 Å². The molecule has 1 atom stereocenters. The molecule has 1 saturated heterocycles. The lowest BCUT2D eigenvalue weighted by Gasteiger charge is -2.09. The van der Waals surface area contributed by atoms with Crippen molar-refractivity contribution in [3.8, 4) is 0 Å². The van der Waals surface area contributed by atoms with Gasteiger partial charge in [-0.05, 0) is 44.9 Å². The molecule has 1 aliphatic rings. The van der Waals surface area contributed by atoms with E-state index in [9.17, 15) is 9.59 Å². The van der Waals surface area contributed by atoms with Gasteiger partial charge in [0.2, 0.25) is 5.91 Å². The number of unbranched alkanes of at least 4 members (excludes halogenated alkanes) is 6. The fraction of sp³-hybridized carbons (Fsp3) is 0.765. The van der Waals surface area contributed by atoms with Gasteiger partial charge in [0.25, 0.3) is 0 Å². The smallest absolute Gasteiger partial charge is 0.328 e. The number of allylic oxidation sites excluding steroid dienone is 2. The molecule has 1 rings (SSSR count). The molecule has 1 N–H and O–H groups in total. The van der Waals surface area contributed by atoms with Gasteiger partial charge in [0.15, 0.2) is 0 Å². The van der Waals surface area contributed by atoms with E-state index in [1.807, 2.05) is 0 Å². The van der Waals surface area contributed by atoms with Crippen molar-refractivity contribution in [2.45, 2.75) is 77.2 Å². The van der Waals surface area contributed by atoms with Crippen molar-refractivity contribution in [2.75, 3.05) is 6.61 Å². The minimum absolute atomic E-state index is 0.0531. The molecule has 21 heavy (non-hydrogen) atoms. The average molecular weight is 295 g/mol. The van der Waals surface area contributed by atoms with E-state index in [-0.39, 0.29) is 11.9 Å². The predicted octanol–water partition coefficient (Wildman–Crippen LogP) is 3.51. The number of hydrogen-bond acceptors (Lipinski definition) is 3. The molecular weight excluding hydrogens is 266 g/mol. The highest BCUT2D eigenvalue weighted by Crippen LogP contribution is 2.09. The van der Waals surface area contributed by atoms with Crippen LogP contribution in [0.1, 0.15) is 71.1 Å². The quantitative estimate of drug-likeness (QED) is 0.360. The number of hydrogen-bond donors (Lipinski definition) is 1. The summed E-state index contributed by atoms with van der Waals surface area (Å²) in [7, 11) is 0. The molecule has 0 radical (unpaired) electrons. The number of esters is 1. The predicted molar refractivity (Wildman–Crippen MR) is 83.9 cm³/mol. The highest BCUT2D eigenvalue weighted by Gasteiger charge is 2.28. The molecule has 4 heteroatoms. The van der Waals surface area contributed by atoms with Gasteiger partial charge in [0.1, 0.15) is 6.04 Å². The van der Waals surface area contributed by atoms with Crippen molar-refractivity contribution in [3.05, 3.63) is 12.2 Å². The lowest BCUT2D eigenvalue weighted by molar-refractivity contribution is -0.146. The molecule has 0 aromatic rings. The van der Waals surface area contributed by atoms with Crippen molar-refractivity contribution in [2.24, 2.45) is 0 Å². The van der Waals surface area contributed by atoms with Crippen LogP contribution < -0.4 is 5.32 Å². The van der Waals surface area contributed by atoms with Crippen LogP contribution in [0.25, 0.3) is 0 Å². The Labute approximate surface area is 128 Å². The Bertz CT molecular complexity index is 339. The number of ether oxygens (including phenoxy) is 1. The van der Waals surface area contributed by atoms with Gasteiger partial charge in [-0.1, -0.05) is 31.9 Å². The zero-order chi connectivity index (χ0) is 15.3. The van der Waals surface area contributed by atoms with Crippen molar-refractivity contribution >= 4 is 11.9 Å². The maximum absolute atomic E-state index is 11.6. The topological polar surface area (TPSA) is 55.4 Å². The minimum atomic E-state index is -0.413. The molecule has 0 bridgehead atoms. The Balaban J connectivity index is 1.88. The zero-order valence-electron chi connectivity index (χ0n) is 13.2. The molecule has 1 heterocycles. The van der Waals surface area contributed by atoms with E-state index in [1.165, 1.54) is 25.7 Å². The summed E-state index contributed by atoms with van der Waals surface area (Å²) in [5, 5.41) is 2.62. The van der Waals surface area contributed by atoms with Crippen LogP contribution in [0.3, 0.4) is 0 Å². The zero-order valence-corrected chi connectivity index (χ0v) is 13.2. The molecule has 0 aromatic heterocycles. The van der Waals surface area contributed by atoms with Gasteiger partial charge in [-0.3, -0.25) is 4.79 Å². The van der Waals surface area contributed by atoms with Gasteiger partial charge in [-0.25, -0.2) is 4.79 Å². The molecule has 4 nitrogen and oxygen atoms in total. The largest absolute Gasteiger partial charge is 0.464 e. The molecule has 0 unspecified atom stereocenters. The van der Waals surface area contributed by atoms with Gasteiger partial charge in [0.05, 0.1) is 6.61 Å². The van der Waals surface area contributed by atoms with Gasteiger partial charge >= 0.3 is 5.97 Å². The SMILES string of the molecule is CCCCC/C=C/CCCCCOC(=O)[C@@H]1CCC(=O)N1. The molecule has 0 aromatic carbocycles. The van der Waals surface area contributed by atoms with Gasteiger partial charge < -0.3 is 10.1 Å². The fourth-order valence-corrected chi connectivity index (χ4v) is 2.35. The first-order valence-corrected chi connectivity index (χ1v) is 8.35. The summed E-state index contributed by atoms with van der Waals surface area (Å²) in [5.41, 5.74) is 0. The van der Waals surface area contributed by atoms with Gasteiger partial charge in [0, 0.05) is 6.42 Å². The Morgan fingerprint density at radius 1 is 1.19 bits per heavy atom. The van der Waals surface area contributed by atoms with E-state index in [0.717, 1.165) is 25.7 Å². The molecule has 0 saturated carbocycles. The Kier molecular flexibility index (Phi) is 9.58. The Morgan fingerprint density at radius 2 is 1.90 bits per heavy atom. The first-order valence-electron chi connectivity index (χ1n) is 8.35. The van der Waals surface area contributed by atoms with Crippen LogP contribution in [0.15, 0.2) is 12.2 Å². The van der Waals surface area contributed by atoms with Crippen molar-refractivity contribution in [3.63, 3.8) is 0 Å². The molecule has 1 fully saturated rings. The Morgan fingerprint density at radius 3 is 2.52 bits per heavy atom. The molecular formula is C17H29NO3. The summed E-state index contributed by atoms with van der Waals surface area (Å²) < 4.78 is 5.17. The lowest BCUT2D eigenvalue weighted by atomic mass is 10.1. The maximum Gasteiger partial charge on any atom is 0.328 e. The normalized spacial score (nSPS) is 18.1. The molecule has 1 amide bonds. The third-order valence-corrected chi connectivity index (χ3v) is 3.68. The molecule has 1 aliphatic heterocycles. The van der Waals surface area contributed by atoms with E-state index < -0.39 is 6.04 Å². The maximum atomic E-state index is 11.6. The summed E-state index contributed by atoms with van der Waals surface area (Å²) in [5.74, 6) is -0.334. The Hall–Kier alpha value is -1.32. The van der Waals surface area contributed by atoms with E-state index in [0.29, 0.717) is 19.4 Å². The van der Waals surface area contributed by atoms with Crippen LogP contribution in [0, 0.1) is 0 Å². The average Bonchev–Trinajstić information content (AvgIpc) is 2.91. The molecule has 0 spiro atoms. The standard InChI is InChI=1S/C17H29NO3/c1-2-3-4-5-6-7-8-9-10-11-14-21-17(20)15-12-13-16(19)18-15/h6-7,15H,2-5,8-14H2,1H3,(H,18,19)/b7-6+/t15-/m0/s1. The van der Waals surface area contributed by atoms with Crippen molar-refractivity contribution < 1.29 is 14.3 Å². The van der Waals surface area contributed by atoms with E-state index in [1.54, 1.807) is 0 Å². The molecule has 120 valence electrons. The van der Waals surface area contributed by atoms with Crippen LogP contribution in [0.4, 0.5) is 0 Å². The number of amides is 1. The summed E-state index contributed by atoms with van der Waals surface area (Å²) >= 11 is 0. The first kappa shape index (κ1) is 17.7. The van der Waals surface area contributed by atoms with Crippen LogP contribution >= 0.6 is 0 Å². The summed E-state index contributed by atoms with van der Waals surface area (Å²) in [4.78, 5) is 22.6. The number of rotatable bonds is 11. The molecule has 0 aliphatic carbocycles. The van der Waals surface area contributed by atoms with Gasteiger partial charge in [-0.2, -0.15) is 0 Å². The second-order valence-corrected chi connectivity index (χ2v) is 5.64. The lowest BCUT2D eigenvalue weighted by Crippen LogP contribution is -2.34. The van der Waals surface area contributed by atoms with Crippen LogP contribution in [-0.2, 0) is 14.3 Å². The highest BCUT2D eigenvalue weighted by atomic mass is 16.5. The summed E-state index contributed by atoms with van der Waals surface area (Å²) in [6, 6.07) is -0.413. The second-order valence-electron chi connectivity index (χ2n) is 5.64. The number of carbonyl (C=O) groups excluding carboxylic acids is 2. The van der Waals surface area contributed by atoms with Crippen LogP contribution in [0.2, 0.25) is 0 Å². The van der Waals surface area contributed by atoms with Crippen molar-refractivity contribution in [1.29, 1.82) is 0 Å². The van der Waals surface area contributed by atoms with Crippen molar-refractivity contribution in [1.82, 2.24) is 5.32 Å². The second kappa shape index (κ2) is 11.4. The van der Waals surface area contributed by atoms with Gasteiger partial charge in [-0.15, -0.1) is 0 Å².